The lowest BCUT2D eigenvalue weighted by Crippen LogP contribution is -2.34. The minimum Gasteiger partial charge on any atom is -0.445 e. The van der Waals surface area contributed by atoms with Gasteiger partial charge in [-0.15, -0.1) is 6.58 Å². The van der Waals surface area contributed by atoms with E-state index in [-0.39, 0.29) is 12.1 Å². The summed E-state index contributed by atoms with van der Waals surface area (Å²) in [5.74, 6) is 0. The summed E-state index contributed by atoms with van der Waals surface area (Å²) in [7, 11) is 0. The van der Waals surface area contributed by atoms with Gasteiger partial charge in [0.15, 0.2) is 0 Å². The zero-order valence-corrected chi connectivity index (χ0v) is 13.2. The van der Waals surface area contributed by atoms with Crippen LogP contribution in [0.15, 0.2) is 67.3 Å². The molecule has 0 bridgehead atoms. The highest BCUT2D eigenvalue weighted by Gasteiger charge is 2.30. The predicted octanol–water partition coefficient (Wildman–Crippen LogP) is 4.50. The first-order valence-corrected chi connectivity index (χ1v) is 7.95. The SMILES string of the molecule is C=CCN(C(=O)OCc1ccccc1)C1CCc2ccccc21. The van der Waals surface area contributed by atoms with Crippen LogP contribution in [0.5, 0.6) is 0 Å². The quantitative estimate of drug-likeness (QED) is 0.761. The van der Waals surface area contributed by atoms with Crippen molar-refractivity contribution < 1.29 is 9.53 Å². The number of hydrogen-bond acceptors (Lipinski definition) is 2. The maximum Gasteiger partial charge on any atom is 0.410 e. The molecule has 0 saturated heterocycles. The van der Waals surface area contributed by atoms with E-state index in [9.17, 15) is 4.79 Å². The average Bonchev–Trinajstić information content (AvgIpc) is 3.02. The predicted molar refractivity (Wildman–Crippen MR) is 91.0 cm³/mol. The number of carbonyl (C=O) groups is 1. The van der Waals surface area contributed by atoms with Crippen molar-refractivity contribution in [1.29, 1.82) is 0 Å². The fourth-order valence-electron chi connectivity index (χ4n) is 3.13. The number of amides is 1. The Labute approximate surface area is 137 Å². The van der Waals surface area contributed by atoms with Crippen molar-refractivity contribution in [3.05, 3.63) is 83.9 Å². The van der Waals surface area contributed by atoms with Gasteiger partial charge in [-0.2, -0.15) is 0 Å². The molecule has 1 atom stereocenters. The van der Waals surface area contributed by atoms with Crippen LogP contribution in [0, 0.1) is 0 Å². The molecule has 2 aromatic rings. The van der Waals surface area contributed by atoms with Crippen LogP contribution >= 0.6 is 0 Å². The molecule has 2 aromatic carbocycles. The maximum absolute atomic E-state index is 12.6. The van der Waals surface area contributed by atoms with E-state index < -0.39 is 0 Å². The van der Waals surface area contributed by atoms with E-state index >= 15 is 0 Å². The minimum atomic E-state index is -0.282. The standard InChI is InChI=1S/C20H21NO2/c1-2-14-21(19-13-12-17-10-6-7-11-18(17)19)20(22)23-15-16-8-4-3-5-9-16/h2-11,19H,1,12-15H2. The van der Waals surface area contributed by atoms with Gasteiger partial charge in [-0.05, 0) is 29.5 Å². The Balaban J connectivity index is 1.71. The Hall–Kier alpha value is -2.55. The van der Waals surface area contributed by atoms with Crippen LogP contribution in [0.4, 0.5) is 4.79 Å². The first-order valence-electron chi connectivity index (χ1n) is 7.95. The number of carbonyl (C=O) groups excluding carboxylic acids is 1. The van der Waals surface area contributed by atoms with Crippen molar-refractivity contribution in [3.8, 4) is 0 Å². The number of benzene rings is 2. The highest BCUT2D eigenvalue weighted by Crippen LogP contribution is 2.35. The summed E-state index contributed by atoms with van der Waals surface area (Å²) in [6, 6.07) is 18.1. The Morgan fingerprint density at radius 3 is 2.70 bits per heavy atom. The van der Waals surface area contributed by atoms with E-state index in [1.165, 1.54) is 11.1 Å². The van der Waals surface area contributed by atoms with Gasteiger partial charge in [0.25, 0.3) is 0 Å². The molecule has 0 N–H and O–H groups in total. The van der Waals surface area contributed by atoms with Crippen LogP contribution in [0.3, 0.4) is 0 Å². The van der Waals surface area contributed by atoms with E-state index in [1.54, 1.807) is 11.0 Å². The topological polar surface area (TPSA) is 29.5 Å². The second kappa shape index (κ2) is 7.14. The highest BCUT2D eigenvalue weighted by molar-refractivity contribution is 5.69. The number of rotatable bonds is 5. The van der Waals surface area contributed by atoms with Gasteiger partial charge in [0.2, 0.25) is 0 Å². The molecule has 0 fully saturated rings. The molecule has 1 aliphatic carbocycles. The molecule has 3 rings (SSSR count). The smallest absolute Gasteiger partial charge is 0.410 e. The molecule has 1 amide bonds. The molecule has 3 heteroatoms. The van der Waals surface area contributed by atoms with Gasteiger partial charge >= 0.3 is 6.09 Å². The number of nitrogens with zero attached hydrogens (tertiary/aromatic N) is 1. The average molecular weight is 307 g/mol. The number of hydrogen-bond donors (Lipinski definition) is 0. The molecule has 0 saturated carbocycles. The van der Waals surface area contributed by atoms with Crippen molar-refractivity contribution in [2.75, 3.05) is 6.54 Å². The van der Waals surface area contributed by atoms with Gasteiger partial charge < -0.3 is 4.74 Å². The van der Waals surface area contributed by atoms with Crippen molar-refractivity contribution in [2.24, 2.45) is 0 Å². The van der Waals surface area contributed by atoms with Crippen LogP contribution in [0.25, 0.3) is 0 Å². The minimum absolute atomic E-state index is 0.0764. The highest BCUT2D eigenvalue weighted by atomic mass is 16.6. The van der Waals surface area contributed by atoms with Crippen LogP contribution < -0.4 is 0 Å². The third-order valence-electron chi connectivity index (χ3n) is 4.24. The molecule has 118 valence electrons. The van der Waals surface area contributed by atoms with Gasteiger partial charge in [-0.3, -0.25) is 4.90 Å². The van der Waals surface area contributed by atoms with Gasteiger partial charge in [0.1, 0.15) is 6.61 Å². The first kappa shape index (κ1) is 15.3. The summed E-state index contributed by atoms with van der Waals surface area (Å²) in [5, 5.41) is 0. The fourth-order valence-corrected chi connectivity index (χ4v) is 3.13. The normalized spacial score (nSPS) is 15.7. The van der Waals surface area contributed by atoms with Crippen molar-refractivity contribution in [2.45, 2.75) is 25.5 Å². The van der Waals surface area contributed by atoms with Gasteiger partial charge in [0.05, 0.1) is 6.04 Å². The van der Waals surface area contributed by atoms with Crippen LogP contribution in [-0.2, 0) is 17.8 Å². The first-order chi connectivity index (χ1) is 11.3. The Bertz CT molecular complexity index is 681. The molecule has 1 aliphatic rings. The van der Waals surface area contributed by atoms with E-state index in [2.05, 4.69) is 18.7 Å². The summed E-state index contributed by atoms with van der Waals surface area (Å²) in [5.41, 5.74) is 3.54. The van der Waals surface area contributed by atoms with Crippen molar-refractivity contribution in [3.63, 3.8) is 0 Å². The van der Waals surface area contributed by atoms with E-state index in [4.69, 9.17) is 4.74 Å². The van der Waals surface area contributed by atoms with E-state index in [1.807, 2.05) is 42.5 Å². The summed E-state index contributed by atoms with van der Waals surface area (Å²) < 4.78 is 5.51. The molecular formula is C20H21NO2. The molecular weight excluding hydrogens is 286 g/mol. The zero-order valence-electron chi connectivity index (χ0n) is 13.2. The second-order valence-corrected chi connectivity index (χ2v) is 5.73. The van der Waals surface area contributed by atoms with Gasteiger partial charge in [-0.1, -0.05) is 60.7 Å². The lowest BCUT2D eigenvalue weighted by molar-refractivity contribution is 0.0850. The summed E-state index contributed by atoms with van der Waals surface area (Å²) in [4.78, 5) is 14.3. The number of ether oxygens (including phenoxy) is 1. The molecule has 3 nitrogen and oxygen atoms in total. The van der Waals surface area contributed by atoms with Crippen molar-refractivity contribution in [1.82, 2.24) is 4.90 Å². The zero-order chi connectivity index (χ0) is 16.1. The maximum atomic E-state index is 12.6. The molecule has 23 heavy (non-hydrogen) atoms. The van der Waals surface area contributed by atoms with Crippen LogP contribution in [0.1, 0.15) is 29.2 Å². The lowest BCUT2D eigenvalue weighted by Gasteiger charge is -2.28. The molecule has 0 radical (unpaired) electrons. The van der Waals surface area contributed by atoms with Crippen molar-refractivity contribution >= 4 is 6.09 Å². The Morgan fingerprint density at radius 1 is 1.17 bits per heavy atom. The van der Waals surface area contributed by atoms with E-state index in [0.717, 1.165) is 18.4 Å². The third kappa shape index (κ3) is 3.45. The Kier molecular flexibility index (Phi) is 4.77. The monoisotopic (exact) mass is 307 g/mol. The number of fused-ring (bicyclic) bond motifs is 1. The van der Waals surface area contributed by atoms with Crippen LogP contribution in [0.2, 0.25) is 0 Å². The Morgan fingerprint density at radius 2 is 1.91 bits per heavy atom. The number of aryl methyl sites for hydroxylation is 1. The van der Waals surface area contributed by atoms with Crippen LogP contribution in [-0.4, -0.2) is 17.5 Å². The summed E-state index contributed by atoms with van der Waals surface area (Å²) >= 11 is 0. The second-order valence-electron chi connectivity index (χ2n) is 5.73. The molecule has 0 heterocycles. The fraction of sp³-hybridized carbons (Fsp3) is 0.250. The lowest BCUT2D eigenvalue weighted by atomic mass is 10.1. The largest absolute Gasteiger partial charge is 0.445 e. The molecule has 0 aromatic heterocycles. The van der Waals surface area contributed by atoms with Gasteiger partial charge in [-0.25, -0.2) is 4.79 Å². The molecule has 0 aliphatic heterocycles. The molecule has 1 unspecified atom stereocenters. The van der Waals surface area contributed by atoms with E-state index in [0.29, 0.717) is 13.2 Å². The molecule has 0 spiro atoms. The van der Waals surface area contributed by atoms with Gasteiger partial charge in [0, 0.05) is 6.54 Å². The summed E-state index contributed by atoms with van der Waals surface area (Å²) in [6.07, 6.45) is 3.41. The third-order valence-corrected chi connectivity index (χ3v) is 4.24. The summed E-state index contributed by atoms with van der Waals surface area (Å²) in [6.45, 7) is 4.57.